The van der Waals surface area contributed by atoms with E-state index in [-0.39, 0.29) is 17.4 Å². The van der Waals surface area contributed by atoms with E-state index in [4.69, 9.17) is 4.74 Å². The van der Waals surface area contributed by atoms with E-state index in [0.717, 1.165) is 29.8 Å². The van der Waals surface area contributed by atoms with E-state index in [1.54, 1.807) is 13.2 Å². The molecule has 3 aromatic rings. The standard InChI is InChI=1S/C25H26N2O3/c1-30-11-10-23(28)26-14-17-12-21(16-26)25-22(8-9-24(29)27(25)15-17)20-7-6-18-4-2-3-5-19(18)13-20/h2-9,13,17,21H,10-12,14-16H2,1H3/t17-,21+/m0/s1. The Balaban J connectivity index is 1.56. The molecule has 5 heteroatoms. The molecule has 5 nitrogen and oxygen atoms in total. The minimum absolute atomic E-state index is 0.0587. The van der Waals surface area contributed by atoms with E-state index >= 15 is 0 Å². The highest BCUT2D eigenvalue weighted by atomic mass is 16.5. The molecule has 3 heterocycles. The van der Waals surface area contributed by atoms with Crippen molar-refractivity contribution in [3.05, 3.63) is 70.6 Å². The summed E-state index contributed by atoms with van der Waals surface area (Å²) < 4.78 is 7.05. The predicted molar refractivity (Wildman–Crippen MR) is 118 cm³/mol. The summed E-state index contributed by atoms with van der Waals surface area (Å²) in [6.07, 6.45) is 1.44. The van der Waals surface area contributed by atoms with Gasteiger partial charge in [-0.1, -0.05) is 36.4 Å². The number of nitrogens with zero attached hydrogens (tertiary/aromatic N) is 2. The molecule has 2 atom stereocenters. The highest BCUT2D eigenvalue weighted by Crippen LogP contribution is 2.40. The molecule has 1 fully saturated rings. The topological polar surface area (TPSA) is 51.5 Å². The molecular formula is C25H26N2O3. The van der Waals surface area contributed by atoms with E-state index in [0.29, 0.717) is 32.0 Å². The number of rotatable bonds is 4. The Morgan fingerprint density at radius 3 is 2.70 bits per heavy atom. The minimum Gasteiger partial charge on any atom is -0.384 e. The average molecular weight is 402 g/mol. The van der Waals surface area contributed by atoms with Crippen LogP contribution in [0.4, 0.5) is 0 Å². The lowest BCUT2D eigenvalue weighted by Crippen LogP contribution is -2.49. The van der Waals surface area contributed by atoms with Crippen LogP contribution in [0, 0.1) is 5.92 Å². The molecule has 0 spiro atoms. The number of amides is 1. The second-order valence-corrected chi connectivity index (χ2v) is 8.48. The molecule has 0 N–H and O–H groups in total. The third-order valence-corrected chi connectivity index (χ3v) is 6.52. The second-order valence-electron chi connectivity index (χ2n) is 8.48. The average Bonchev–Trinajstić information content (AvgIpc) is 2.77. The number of hydrogen-bond acceptors (Lipinski definition) is 3. The van der Waals surface area contributed by atoms with Gasteiger partial charge < -0.3 is 14.2 Å². The van der Waals surface area contributed by atoms with Gasteiger partial charge in [0, 0.05) is 50.0 Å². The number of fused-ring (bicyclic) bond motifs is 5. The van der Waals surface area contributed by atoms with Crippen LogP contribution in [0.25, 0.3) is 21.9 Å². The smallest absolute Gasteiger partial charge is 0.250 e. The normalized spacial score (nSPS) is 20.2. The first kappa shape index (κ1) is 19.1. The fourth-order valence-electron chi connectivity index (χ4n) is 5.17. The Hall–Kier alpha value is -2.92. The van der Waals surface area contributed by atoms with E-state index in [2.05, 4.69) is 30.3 Å². The van der Waals surface area contributed by atoms with E-state index in [1.807, 2.05) is 27.7 Å². The third kappa shape index (κ3) is 3.33. The highest BCUT2D eigenvalue weighted by Gasteiger charge is 2.37. The first-order chi connectivity index (χ1) is 14.6. The maximum atomic E-state index is 12.7. The van der Waals surface area contributed by atoms with Crippen LogP contribution in [0.3, 0.4) is 0 Å². The molecule has 2 aromatic carbocycles. The number of carbonyl (C=O) groups is 1. The van der Waals surface area contributed by atoms with Crippen LogP contribution in [-0.4, -0.2) is 42.2 Å². The molecule has 1 aromatic heterocycles. The van der Waals surface area contributed by atoms with Gasteiger partial charge in [-0.15, -0.1) is 0 Å². The number of piperidine rings is 1. The molecule has 1 amide bonds. The SMILES string of the molecule is COCCC(=O)N1C[C@@H]2C[C@H](C1)c1c(-c3ccc4ccccc4c3)ccc(=O)n1C2. The van der Waals surface area contributed by atoms with Gasteiger partial charge in [-0.3, -0.25) is 9.59 Å². The summed E-state index contributed by atoms with van der Waals surface area (Å²) in [7, 11) is 1.62. The summed E-state index contributed by atoms with van der Waals surface area (Å²) in [4.78, 5) is 27.3. The van der Waals surface area contributed by atoms with Crippen LogP contribution in [-0.2, 0) is 16.1 Å². The quantitative estimate of drug-likeness (QED) is 0.669. The zero-order valence-corrected chi connectivity index (χ0v) is 17.2. The van der Waals surface area contributed by atoms with Crippen molar-refractivity contribution in [3.63, 3.8) is 0 Å². The lowest BCUT2D eigenvalue weighted by molar-refractivity contribution is -0.134. The summed E-state index contributed by atoms with van der Waals surface area (Å²) in [6, 6.07) is 18.5. The summed E-state index contributed by atoms with van der Waals surface area (Å²) in [6.45, 7) is 2.53. The van der Waals surface area contributed by atoms with Gasteiger partial charge in [0.05, 0.1) is 13.0 Å². The highest BCUT2D eigenvalue weighted by molar-refractivity contribution is 5.87. The number of hydrogen-bond donors (Lipinski definition) is 0. The van der Waals surface area contributed by atoms with Gasteiger partial charge >= 0.3 is 0 Å². The zero-order valence-electron chi connectivity index (χ0n) is 17.2. The van der Waals surface area contributed by atoms with E-state index in [1.165, 1.54) is 10.8 Å². The van der Waals surface area contributed by atoms with Crippen molar-refractivity contribution in [2.75, 3.05) is 26.8 Å². The Morgan fingerprint density at radius 2 is 1.87 bits per heavy atom. The number of pyridine rings is 1. The van der Waals surface area contributed by atoms with Crippen molar-refractivity contribution in [2.24, 2.45) is 5.92 Å². The van der Waals surface area contributed by atoms with Gasteiger partial charge in [-0.2, -0.15) is 0 Å². The molecule has 0 saturated carbocycles. The van der Waals surface area contributed by atoms with Gasteiger partial charge in [0.15, 0.2) is 0 Å². The molecule has 5 rings (SSSR count). The fraction of sp³-hybridized carbons (Fsp3) is 0.360. The van der Waals surface area contributed by atoms with Gasteiger partial charge in [-0.25, -0.2) is 0 Å². The maximum Gasteiger partial charge on any atom is 0.250 e. The molecule has 154 valence electrons. The number of methoxy groups -OCH3 is 1. The molecule has 0 aliphatic carbocycles. The number of carbonyl (C=O) groups excluding carboxylic acids is 1. The largest absolute Gasteiger partial charge is 0.384 e. The summed E-state index contributed by atoms with van der Waals surface area (Å²) >= 11 is 0. The number of ether oxygens (including phenoxy) is 1. The minimum atomic E-state index is 0.0587. The van der Waals surface area contributed by atoms with Gasteiger partial charge in [0.2, 0.25) is 5.91 Å². The second kappa shape index (κ2) is 7.73. The van der Waals surface area contributed by atoms with Crippen molar-refractivity contribution in [2.45, 2.75) is 25.3 Å². The van der Waals surface area contributed by atoms with Gasteiger partial charge in [0.1, 0.15) is 0 Å². The van der Waals surface area contributed by atoms with E-state index in [9.17, 15) is 9.59 Å². The van der Waals surface area contributed by atoms with Crippen molar-refractivity contribution in [1.29, 1.82) is 0 Å². The van der Waals surface area contributed by atoms with Crippen molar-refractivity contribution < 1.29 is 9.53 Å². The first-order valence-corrected chi connectivity index (χ1v) is 10.6. The number of aromatic nitrogens is 1. The lowest BCUT2D eigenvalue weighted by Gasteiger charge is -2.43. The Bertz CT molecular complexity index is 1170. The summed E-state index contributed by atoms with van der Waals surface area (Å²) in [5, 5.41) is 2.39. The molecule has 2 bridgehead atoms. The van der Waals surface area contributed by atoms with Crippen LogP contribution in [0.5, 0.6) is 0 Å². The van der Waals surface area contributed by atoms with Crippen molar-refractivity contribution in [1.82, 2.24) is 9.47 Å². The van der Waals surface area contributed by atoms with Gasteiger partial charge in [0.25, 0.3) is 5.56 Å². The Kier molecular flexibility index (Phi) is 4.91. The first-order valence-electron chi connectivity index (χ1n) is 10.6. The predicted octanol–water partition coefficient (Wildman–Crippen LogP) is 3.65. The molecule has 0 radical (unpaired) electrons. The fourth-order valence-corrected chi connectivity index (χ4v) is 5.17. The van der Waals surface area contributed by atoms with Crippen LogP contribution in [0.1, 0.15) is 24.5 Å². The molecule has 30 heavy (non-hydrogen) atoms. The third-order valence-electron chi connectivity index (χ3n) is 6.52. The molecule has 2 aliphatic rings. The molecule has 0 unspecified atom stereocenters. The Labute approximate surface area is 175 Å². The Morgan fingerprint density at radius 1 is 1.03 bits per heavy atom. The maximum absolute atomic E-state index is 12.7. The van der Waals surface area contributed by atoms with Crippen molar-refractivity contribution >= 4 is 16.7 Å². The molecular weight excluding hydrogens is 376 g/mol. The van der Waals surface area contributed by atoms with Crippen molar-refractivity contribution in [3.8, 4) is 11.1 Å². The van der Waals surface area contributed by atoms with Crippen LogP contribution >= 0.6 is 0 Å². The van der Waals surface area contributed by atoms with Crippen LogP contribution in [0.2, 0.25) is 0 Å². The van der Waals surface area contributed by atoms with Crippen LogP contribution < -0.4 is 5.56 Å². The number of likely N-dealkylation sites (tertiary alicyclic amines) is 1. The monoisotopic (exact) mass is 402 g/mol. The van der Waals surface area contributed by atoms with E-state index < -0.39 is 0 Å². The zero-order chi connectivity index (χ0) is 20.7. The summed E-state index contributed by atoms with van der Waals surface area (Å²) in [5.74, 6) is 0.650. The lowest BCUT2D eigenvalue weighted by atomic mass is 9.80. The van der Waals surface area contributed by atoms with Crippen LogP contribution in [0.15, 0.2) is 59.4 Å². The molecule has 2 aliphatic heterocycles. The van der Waals surface area contributed by atoms with Gasteiger partial charge in [-0.05, 0) is 40.8 Å². The number of benzene rings is 2. The summed E-state index contributed by atoms with van der Waals surface area (Å²) in [5.41, 5.74) is 3.37. The molecule has 1 saturated heterocycles.